The summed E-state index contributed by atoms with van der Waals surface area (Å²) in [4.78, 5) is 30.2. The quantitative estimate of drug-likeness (QED) is 0.341. The molecule has 6 nitrogen and oxygen atoms in total. The molecule has 0 saturated carbocycles. The summed E-state index contributed by atoms with van der Waals surface area (Å²) in [5, 5.41) is 4.22. The van der Waals surface area contributed by atoms with Gasteiger partial charge in [-0.3, -0.25) is 14.2 Å². The van der Waals surface area contributed by atoms with E-state index in [1.807, 2.05) is 55.5 Å². The number of nitrogens with one attached hydrogen (secondary N) is 1. The number of carbonyl (C=O) groups is 1. The molecule has 4 rings (SSSR count). The first-order valence-corrected chi connectivity index (χ1v) is 11.0. The summed E-state index contributed by atoms with van der Waals surface area (Å²) in [7, 11) is 0. The summed E-state index contributed by atoms with van der Waals surface area (Å²) in [6.45, 7) is 4.60. The highest BCUT2D eigenvalue weighted by molar-refractivity contribution is 7.99. The van der Waals surface area contributed by atoms with Gasteiger partial charge >= 0.3 is 0 Å². The number of nitrogens with zero attached hydrogens (tertiary/aromatic N) is 2. The first-order chi connectivity index (χ1) is 14.6. The van der Waals surface area contributed by atoms with Crippen molar-refractivity contribution in [3.8, 4) is 0 Å². The van der Waals surface area contributed by atoms with Crippen LogP contribution in [0.4, 0.5) is 5.69 Å². The van der Waals surface area contributed by atoms with E-state index in [1.165, 1.54) is 17.3 Å². The number of carbonyl (C=O) groups excluding carboxylic acids is 1. The number of anilines is 1. The minimum atomic E-state index is -0.212. The van der Waals surface area contributed by atoms with Crippen molar-refractivity contribution in [1.82, 2.24) is 9.55 Å². The minimum Gasteiger partial charge on any atom is -0.448 e. The van der Waals surface area contributed by atoms with Crippen molar-refractivity contribution in [3.63, 3.8) is 0 Å². The minimum absolute atomic E-state index is 0.140. The summed E-state index contributed by atoms with van der Waals surface area (Å²) in [5.74, 6) is 0.0196. The zero-order valence-corrected chi connectivity index (χ0v) is 17.8. The van der Waals surface area contributed by atoms with Gasteiger partial charge in [0.2, 0.25) is 11.5 Å². The van der Waals surface area contributed by atoms with E-state index >= 15 is 0 Å². The van der Waals surface area contributed by atoms with Crippen LogP contribution in [0.3, 0.4) is 0 Å². The Balaban J connectivity index is 1.60. The van der Waals surface area contributed by atoms with Crippen LogP contribution in [0.1, 0.15) is 25.8 Å². The molecule has 1 amide bonds. The Bertz CT molecular complexity index is 1260. The number of aryl methyl sites for hydroxylation is 1. The predicted molar refractivity (Wildman–Crippen MR) is 121 cm³/mol. The van der Waals surface area contributed by atoms with Gasteiger partial charge in [-0.05, 0) is 42.7 Å². The number of fused-ring (bicyclic) bond motifs is 3. The summed E-state index contributed by atoms with van der Waals surface area (Å²) < 4.78 is 7.36. The van der Waals surface area contributed by atoms with Gasteiger partial charge in [0.25, 0.3) is 5.56 Å². The summed E-state index contributed by atoms with van der Waals surface area (Å²) >= 11 is 1.26. The number of hydrogen-bond acceptors (Lipinski definition) is 5. The van der Waals surface area contributed by atoms with Gasteiger partial charge in [0, 0.05) is 17.6 Å². The fraction of sp³-hybridized carbons (Fsp3) is 0.261. The zero-order chi connectivity index (χ0) is 21.1. The molecule has 0 aliphatic carbocycles. The molecule has 0 unspecified atom stereocenters. The lowest BCUT2D eigenvalue weighted by Gasteiger charge is -2.11. The molecule has 0 bridgehead atoms. The second-order valence-electron chi connectivity index (χ2n) is 7.01. The van der Waals surface area contributed by atoms with Crippen molar-refractivity contribution in [2.45, 2.75) is 38.4 Å². The van der Waals surface area contributed by atoms with Crippen molar-refractivity contribution in [2.75, 3.05) is 11.1 Å². The van der Waals surface area contributed by atoms with Gasteiger partial charge in [-0.15, -0.1) is 0 Å². The molecule has 0 atom stereocenters. The number of benzene rings is 2. The fourth-order valence-electron chi connectivity index (χ4n) is 3.34. The van der Waals surface area contributed by atoms with Crippen LogP contribution in [0.15, 0.2) is 62.9 Å². The molecule has 2 heterocycles. The SMILES string of the molecule is CCCn1c(SCC(=O)Nc2ccc(CC)cc2)nc2c(oc3ccccc32)c1=O. The lowest BCUT2D eigenvalue weighted by molar-refractivity contribution is -0.113. The first kappa shape index (κ1) is 20.2. The highest BCUT2D eigenvalue weighted by Gasteiger charge is 2.18. The molecule has 2 aromatic carbocycles. The van der Waals surface area contributed by atoms with Crippen LogP contribution in [0.5, 0.6) is 0 Å². The average Bonchev–Trinajstić information content (AvgIpc) is 3.14. The van der Waals surface area contributed by atoms with Crippen molar-refractivity contribution in [1.29, 1.82) is 0 Å². The molecule has 0 fully saturated rings. The third-order valence-electron chi connectivity index (χ3n) is 4.87. The van der Waals surface area contributed by atoms with E-state index < -0.39 is 0 Å². The molecule has 0 radical (unpaired) electrons. The Hall–Kier alpha value is -3.06. The predicted octanol–water partition coefficient (Wildman–Crippen LogP) is 4.85. The third kappa shape index (κ3) is 3.98. The highest BCUT2D eigenvalue weighted by atomic mass is 32.2. The van der Waals surface area contributed by atoms with Gasteiger partial charge in [0.05, 0.1) is 5.75 Å². The zero-order valence-electron chi connectivity index (χ0n) is 17.0. The van der Waals surface area contributed by atoms with Gasteiger partial charge in [-0.2, -0.15) is 0 Å². The number of hydrogen-bond donors (Lipinski definition) is 1. The van der Waals surface area contributed by atoms with E-state index in [-0.39, 0.29) is 22.8 Å². The van der Waals surface area contributed by atoms with Crippen molar-refractivity contribution in [2.24, 2.45) is 0 Å². The van der Waals surface area contributed by atoms with Crippen LogP contribution in [-0.4, -0.2) is 21.2 Å². The number of furan rings is 1. The summed E-state index contributed by atoms with van der Waals surface area (Å²) in [5.41, 5.74) is 3.20. The third-order valence-corrected chi connectivity index (χ3v) is 5.85. The van der Waals surface area contributed by atoms with Crippen LogP contribution in [-0.2, 0) is 17.8 Å². The van der Waals surface area contributed by atoms with Crippen LogP contribution < -0.4 is 10.9 Å². The van der Waals surface area contributed by atoms with Crippen LogP contribution in [0, 0.1) is 0 Å². The second-order valence-corrected chi connectivity index (χ2v) is 7.96. The van der Waals surface area contributed by atoms with E-state index in [2.05, 4.69) is 12.2 Å². The Morgan fingerprint density at radius 2 is 1.90 bits per heavy atom. The lowest BCUT2D eigenvalue weighted by atomic mass is 10.1. The number of aromatic nitrogens is 2. The molecule has 2 aromatic heterocycles. The molecule has 0 aliphatic heterocycles. The van der Waals surface area contributed by atoms with E-state index in [0.717, 1.165) is 23.9 Å². The molecule has 4 aromatic rings. The highest BCUT2D eigenvalue weighted by Crippen LogP contribution is 2.27. The lowest BCUT2D eigenvalue weighted by Crippen LogP contribution is -2.23. The van der Waals surface area contributed by atoms with Gasteiger partial charge in [0.15, 0.2) is 5.16 Å². The van der Waals surface area contributed by atoms with Crippen LogP contribution in [0.2, 0.25) is 0 Å². The standard InChI is InChI=1S/C23H23N3O3S/c1-3-13-26-22(28)21-20(17-7-5-6-8-18(17)29-21)25-23(26)30-14-19(27)24-16-11-9-15(4-2)10-12-16/h5-12H,3-4,13-14H2,1-2H3,(H,24,27). The van der Waals surface area contributed by atoms with E-state index in [1.54, 1.807) is 4.57 Å². The molecule has 154 valence electrons. The van der Waals surface area contributed by atoms with Gasteiger partial charge in [0.1, 0.15) is 11.1 Å². The number of thioether (sulfide) groups is 1. The van der Waals surface area contributed by atoms with E-state index in [9.17, 15) is 9.59 Å². The summed E-state index contributed by atoms with van der Waals surface area (Å²) in [6.07, 6.45) is 1.73. The molecule has 0 spiro atoms. The molecular weight excluding hydrogens is 398 g/mol. The van der Waals surface area contributed by atoms with E-state index in [4.69, 9.17) is 9.40 Å². The molecule has 1 N–H and O–H groups in total. The molecule has 0 saturated heterocycles. The van der Waals surface area contributed by atoms with Crippen molar-refractivity contribution in [3.05, 3.63) is 64.4 Å². The molecule has 30 heavy (non-hydrogen) atoms. The largest absolute Gasteiger partial charge is 0.448 e. The average molecular weight is 422 g/mol. The Morgan fingerprint density at radius 1 is 1.13 bits per heavy atom. The normalized spacial score (nSPS) is 11.3. The maximum absolute atomic E-state index is 13.0. The molecule has 0 aliphatic rings. The maximum Gasteiger partial charge on any atom is 0.297 e. The van der Waals surface area contributed by atoms with Crippen LogP contribution >= 0.6 is 11.8 Å². The molecular formula is C23H23N3O3S. The van der Waals surface area contributed by atoms with E-state index in [0.29, 0.717) is 22.8 Å². The number of rotatable bonds is 7. The Kier molecular flexibility index (Phi) is 5.90. The van der Waals surface area contributed by atoms with Crippen molar-refractivity contribution >= 4 is 45.4 Å². The van der Waals surface area contributed by atoms with Gasteiger partial charge in [-0.1, -0.05) is 49.9 Å². The van der Waals surface area contributed by atoms with Gasteiger partial charge < -0.3 is 9.73 Å². The Labute approximate surface area is 178 Å². The number of para-hydroxylation sites is 1. The van der Waals surface area contributed by atoms with Crippen LogP contribution in [0.25, 0.3) is 22.1 Å². The smallest absolute Gasteiger partial charge is 0.297 e. The first-order valence-electron chi connectivity index (χ1n) is 10.0. The topological polar surface area (TPSA) is 77.1 Å². The second kappa shape index (κ2) is 8.75. The molecule has 7 heteroatoms. The van der Waals surface area contributed by atoms with Gasteiger partial charge in [-0.25, -0.2) is 4.98 Å². The Morgan fingerprint density at radius 3 is 2.63 bits per heavy atom. The summed E-state index contributed by atoms with van der Waals surface area (Å²) in [6, 6.07) is 15.3. The maximum atomic E-state index is 13.0. The monoisotopic (exact) mass is 421 g/mol. The van der Waals surface area contributed by atoms with Crippen molar-refractivity contribution < 1.29 is 9.21 Å². The fourth-order valence-corrected chi connectivity index (χ4v) is 4.15. The number of amides is 1.